The Balaban J connectivity index is 2.34. The van der Waals surface area contributed by atoms with Crippen LogP contribution in [-0.4, -0.2) is 24.0 Å². The third-order valence-corrected chi connectivity index (χ3v) is 2.20. The van der Waals surface area contributed by atoms with Crippen molar-refractivity contribution in [3.05, 3.63) is 12.7 Å². The molecule has 0 spiro atoms. The highest BCUT2D eigenvalue weighted by Crippen LogP contribution is 2.17. The quantitative estimate of drug-likeness (QED) is 0.541. The Hall–Kier alpha value is -0.300. The molecule has 1 aliphatic rings. The number of rotatable bonds is 3. The van der Waals surface area contributed by atoms with Crippen molar-refractivity contribution in [2.24, 2.45) is 0 Å². The zero-order valence-electron chi connectivity index (χ0n) is 6.84. The molecule has 0 aromatic heterocycles. The normalized spacial score (nSPS) is 27.1. The first-order valence-corrected chi connectivity index (χ1v) is 4.25. The fraction of sp³-hybridized carbons (Fsp3) is 0.778. The van der Waals surface area contributed by atoms with Crippen molar-refractivity contribution in [3.8, 4) is 0 Å². The predicted octanol–water partition coefficient (Wildman–Crippen LogP) is 2.05. The summed E-state index contributed by atoms with van der Waals surface area (Å²) in [5.41, 5.74) is 0. The van der Waals surface area contributed by atoms with Crippen molar-refractivity contribution >= 4 is 0 Å². The molecule has 1 aliphatic heterocycles. The minimum absolute atomic E-state index is 0.681. The summed E-state index contributed by atoms with van der Waals surface area (Å²) in [6.07, 6.45) is 6.03. The number of likely N-dealkylation sites (tertiary alicyclic amines) is 1. The van der Waals surface area contributed by atoms with Gasteiger partial charge in [-0.05, 0) is 32.4 Å². The summed E-state index contributed by atoms with van der Waals surface area (Å²) in [4.78, 5) is 2.52. The standard InChI is InChI=1S/C9H17N/c1-3-7-10-8-5-6-9(10)4-2/h4,9H,2-3,5-8H2,1H3. The van der Waals surface area contributed by atoms with Crippen molar-refractivity contribution < 1.29 is 0 Å². The van der Waals surface area contributed by atoms with E-state index >= 15 is 0 Å². The molecule has 10 heavy (non-hydrogen) atoms. The summed E-state index contributed by atoms with van der Waals surface area (Å²) >= 11 is 0. The Kier molecular flexibility index (Phi) is 2.94. The summed E-state index contributed by atoms with van der Waals surface area (Å²) in [5.74, 6) is 0. The molecule has 0 radical (unpaired) electrons. The van der Waals surface area contributed by atoms with Gasteiger partial charge in [0.2, 0.25) is 0 Å². The average molecular weight is 139 g/mol. The van der Waals surface area contributed by atoms with Gasteiger partial charge in [-0.25, -0.2) is 0 Å². The molecule has 1 heterocycles. The van der Waals surface area contributed by atoms with Crippen LogP contribution < -0.4 is 0 Å². The maximum Gasteiger partial charge on any atom is 0.0276 e. The number of hydrogen-bond acceptors (Lipinski definition) is 1. The van der Waals surface area contributed by atoms with Gasteiger partial charge in [-0.2, -0.15) is 0 Å². The minimum Gasteiger partial charge on any atom is -0.297 e. The molecule has 58 valence electrons. The number of nitrogens with zero attached hydrogens (tertiary/aromatic N) is 1. The van der Waals surface area contributed by atoms with Crippen molar-refractivity contribution in [3.63, 3.8) is 0 Å². The van der Waals surface area contributed by atoms with Gasteiger partial charge in [-0.3, -0.25) is 4.90 Å². The maximum absolute atomic E-state index is 3.83. The molecule has 1 saturated heterocycles. The third kappa shape index (κ3) is 1.60. The van der Waals surface area contributed by atoms with Gasteiger partial charge in [-0.1, -0.05) is 13.0 Å². The topological polar surface area (TPSA) is 3.24 Å². The molecule has 0 aromatic rings. The summed E-state index contributed by atoms with van der Waals surface area (Å²) in [6.45, 7) is 8.60. The van der Waals surface area contributed by atoms with Crippen LogP contribution in [0.15, 0.2) is 12.7 Å². The predicted molar refractivity (Wildman–Crippen MR) is 45.1 cm³/mol. The van der Waals surface area contributed by atoms with E-state index in [1.165, 1.54) is 32.4 Å². The van der Waals surface area contributed by atoms with Crippen molar-refractivity contribution in [2.75, 3.05) is 13.1 Å². The smallest absolute Gasteiger partial charge is 0.0276 e. The van der Waals surface area contributed by atoms with Gasteiger partial charge < -0.3 is 0 Å². The van der Waals surface area contributed by atoms with E-state index in [1.807, 2.05) is 0 Å². The zero-order valence-corrected chi connectivity index (χ0v) is 6.84. The summed E-state index contributed by atoms with van der Waals surface area (Å²) < 4.78 is 0. The molecular formula is C9H17N. The van der Waals surface area contributed by atoms with Crippen LogP contribution in [0.3, 0.4) is 0 Å². The Morgan fingerprint density at radius 1 is 1.70 bits per heavy atom. The van der Waals surface area contributed by atoms with Crippen LogP contribution in [-0.2, 0) is 0 Å². The van der Waals surface area contributed by atoms with Crippen LogP contribution in [0.4, 0.5) is 0 Å². The molecular weight excluding hydrogens is 122 g/mol. The second kappa shape index (κ2) is 3.77. The molecule has 1 heteroatoms. The Morgan fingerprint density at radius 3 is 3.10 bits per heavy atom. The van der Waals surface area contributed by atoms with Crippen molar-refractivity contribution in [1.29, 1.82) is 0 Å². The van der Waals surface area contributed by atoms with Gasteiger partial charge in [0.15, 0.2) is 0 Å². The van der Waals surface area contributed by atoms with Crippen molar-refractivity contribution in [2.45, 2.75) is 32.2 Å². The van der Waals surface area contributed by atoms with E-state index < -0.39 is 0 Å². The molecule has 1 rings (SSSR count). The molecule has 1 fully saturated rings. The van der Waals surface area contributed by atoms with Gasteiger partial charge >= 0.3 is 0 Å². The van der Waals surface area contributed by atoms with Crippen LogP contribution in [0.5, 0.6) is 0 Å². The lowest BCUT2D eigenvalue weighted by Gasteiger charge is -2.20. The third-order valence-electron chi connectivity index (χ3n) is 2.20. The average Bonchev–Trinajstić information content (AvgIpc) is 2.36. The fourth-order valence-electron chi connectivity index (χ4n) is 1.68. The summed E-state index contributed by atoms with van der Waals surface area (Å²) in [7, 11) is 0. The highest BCUT2D eigenvalue weighted by molar-refractivity contribution is 4.91. The first-order chi connectivity index (χ1) is 4.88. The van der Waals surface area contributed by atoms with E-state index in [0.29, 0.717) is 6.04 Å². The van der Waals surface area contributed by atoms with Crippen molar-refractivity contribution in [1.82, 2.24) is 4.90 Å². The van der Waals surface area contributed by atoms with Gasteiger partial charge in [0.25, 0.3) is 0 Å². The van der Waals surface area contributed by atoms with Gasteiger partial charge in [-0.15, -0.1) is 6.58 Å². The van der Waals surface area contributed by atoms with Crippen LogP contribution in [0.25, 0.3) is 0 Å². The van der Waals surface area contributed by atoms with Crippen LogP contribution in [0, 0.1) is 0 Å². The lowest BCUT2D eigenvalue weighted by Crippen LogP contribution is -2.28. The molecule has 1 atom stereocenters. The molecule has 0 N–H and O–H groups in total. The Labute approximate surface area is 63.7 Å². The highest BCUT2D eigenvalue weighted by atomic mass is 15.2. The van der Waals surface area contributed by atoms with E-state index in [-0.39, 0.29) is 0 Å². The number of hydrogen-bond donors (Lipinski definition) is 0. The maximum atomic E-state index is 3.83. The zero-order chi connectivity index (χ0) is 7.40. The van der Waals surface area contributed by atoms with Gasteiger partial charge in [0, 0.05) is 6.04 Å². The van der Waals surface area contributed by atoms with Crippen LogP contribution in [0.1, 0.15) is 26.2 Å². The molecule has 1 nitrogen and oxygen atoms in total. The molecule has 0 bridgehead atoms. The molecule has 0 saturated carbocycles. The molecule has 1 unspecified atom stereocenters. The van der Waals surface area contributed by atoms with Gasteiger partial charge in [0.05, 0.1) is 0 Å². The molecule has 0 amide bonds. The minimum atomic E-state index is 0.681. The SMILES string of the molecule is C=CC1CCCN1CCC. The van der Waals surface area contributed by atoms with Crippen LogP contribution in [0.2, 0.25) is 0 Å². The van der Waals surface area contributed by atoms with E-state index in [2.05, 4.69) is 24.5 Å². The molecule has 0 aromatic carbocycles. The highest BCUT2D eigenvalue weighted by Gasteiger charge is 2.19. The monoisotopic (exact) mass is 139 g/mol. The second-order valence-electron chi connectivity index (χ2n) is 2.98. The van der Waals surface area contributed by atoms with Crippen LogP contribution >= 0.6 is 0 Å². The van der Waals surface area contributed by atoms with E-state index in [1.54, 1.807) is 0 Å². The summed E-state index contributed by atoms with van der Waals surface area (Å²) in [5, 5.41) is 0. The second-order valence-corrected chi connectivity index (χ2v) is 2.98. The largest absolute Gasteiger partial charge is 0.297 e. The molecule has 0 aliphatic carbocycles. The Bertz CT molecular complexity index is 109. The van der Waals surface area contributed by atoms with E-state index in [0.717, 1.165) is 0 Å². The lowest BCUT2D eigenvalue weighted by atomic mass is 10.2. The fourth-order valence-corrected chi connectivity index (χ4v) is 1.68. The van der Waals surface area contributed by atoms with E-state index in [4.69, 9.17) is 0 Å². The first-order valence-electron chi connectivity index (χ1n) is 4.25. The summed E-state index contributed by atoms with van der Waals surface area (Å²) in [6, 6.07) is 0.681. The Morgan fingerprint density at radius 2 is 2.50 bits per heavy atom. The van der Waals surface area contributed by atoms with E-state index in [9.17, 15) is 0 Å². The first kappa shape index (κ1) is 7.80. The lowest BCUT2D eigenvalue weighted by molar-refractivity contribution is 0.291. The van der Waals surface area contributed by atoms with Gasteiger partial charge in [0.1, 0.15) is 0 Å².